The van der Waals surface area contributed by atoms with Gasteiger partial charge < -0.3 is 19.7 Å². The summed E-state index contributed by atoms with van der Waals surface area (Å²) in [4.78, 5) is 15.1. The van der Waals surface area contributed by atoms with Gasteiger partial charge in [0.1, 0.15) is 13.2 Å². The monoisotopic (exact) mass is 366 g/mol. The van der Waals surface area contributed by atoms with E-state index in [0.29, 0.717) is 42.4 Å². The first kappa shape index (κ1) is 14.3. The zero-order valence-electron chi connectivity index (χ0n) is 12.3. The molecule has 0 aromatic heterocycles. The van der Waals surface area contributed by atoms with Crippen molar-refractivity contribution in [2.75, 3.05) is 26.3 Å². The fourth-order valence-electron chi connectivity index (χ4n) is 3.70. The van der Waals surface area contributed by atoms with Gasteiger partial charge >= 0.3 is 0 Å². The number of hydrogen-bond donors (Lipinski definition) is 1. The quantitative estimate of drug-likeness (QED) is 0.827. The normalized spacial score (nSPS) is 26.7. The zero-order chi connectivity index (χ0) is 15.1. The summed E-state index contributed by atoms with van der Waals surface area (Å²) in [5.74, 6) is 1.46. The van der Waals surface area contributed by atoms with Crippen molar-refractivity contribution in [2.24, 2.45) is 0 Å². The molecule has 3 aliphatic heterocycles. The Bertz CT molecular complexity index is 593. The van der Waals surface area contributed by atoms with Crippen LogP contribution in [0.2, 0.25) is 0 Å². The zero-order valence-corrected chi connectivity index (χ0v) is 13.9. The highest BCUT2D eigenvalue weighted by atomic mass is 79.9. The van der Waals surface area contributed by atoms with Gasteiger partial charge in [0, 0.05) is 24.2 Å². The van der Waals surface area contributed by atoms with Gasteiger partial charge in [-0.2, -0.15) is 0 Å². The predicted molar refractivity (Wildman–Crippen MR) is 85.6 cm³/mol. The molecule has 0 radical (unpaired) electrons. The van der Waals surface area contributed by atoms with Crippen molar-refractivity contribution >= 4 is 21.8 Å². The molecule has 1 aromatic carbocycles. The lowest BCUT2D eigenvalue weighted by Gasteiger charge is -2.28. The van der Waals surface area contributed by atoms with Crippen LogP contribution in [0.3, 0.4) is 0 Å². The van der Waals surface area contributed by atoms with E-state index in [-0.39, 0.29) is 5.91 Å². The third-order valence-corrected chi connectivity index (χ3v) is 5.32. The number of rotatable bonds is 1. The lowest BCUT2D eigenvalue weighted by Crippen LogP contribution is -2.42. The third kappa shape index (κ3) is 2.38. The largest absolute Gasteiger partial charge is 0.486 e. The van der Waals surface area contributed by atoms with Gasteiger partial charge in [-0.05, 0) is 53.9 Å². The van der Waals surface area contributed by atoms with E-state index >= 15 is 0 Å². The molecule has 1 aromatic rings. The number of amides is 1. The number of ether oxygens (including phenoxy) is 2. The molecule has 1 N–H and O–H groups in total. The second-order valence-electron chi connectivity index (χ2n) is 6.07. The van der Waals surface area contributed by atoms with E-state index in [4.69, 9.17) is 9.47 Å². The first-order valence-electron chi connectivity index (χ1n) is 7.86. The topological polar surface area (TPSA) is 50.8 Å². The molecule has 0 spiro atoms. The predicted octanol–water partition coefficient (Wildman–Crippen LogP) is 2.19. The molecule has 2 unspecified atom stereocenters. The van der Waals surface area contributed by atoms with Gasteiger partial charge in [0.25, 0.3) is 5.91 Å². The van der Waals surface area contributed by atoms with Crippen LogP contribution >= 0.6 is 15.9 Å². The minimum Gasteiger partial charge on any atom is -0.486 e. The summed E-state index contributed by atoms with van der Waals surface area (Å²) in [5, 5.41) is 3.43. The Kier molecular flexibility index (Phi) is 3.74. The number of fused-ring (bicyclic) bond motifs is 3. The molecule has 22 heavy (non-hydrogen) atoms. The average Bonchev–Trinajstić information content (AvgIpc) is 2.79. The molecule has 3 heterocycles. The summed E-state index contributed by atoms with van der Waals surface area (Å²) in [7, 11) is 0. The average molecular weight is 367 g/mol. The lowest BCUT2D eigenvalue weighted by molar-refractivity contribution is 0.0679. The van der Waals surface area contributed by atoms with Crippen LogP contribution in [0.5, 0.6) is 11.5 Å². The lowest BCUT2D eigenvalue weighted by atomic mass is 10.1. The summed E-state index contributed by atoms with van der Waals surface area (Å²) >= 11 is 3.50. The Morgan fingerprint density at radius 2 is 2.00 bits per heavy atom. The Labute approximate surface area is 138 Å². The van der Waals surface area contributed by atoms with Crippen LogP contribution in [-0.4, -0.2) is 49.2 Å². The van der Waals surface area contributed by atoms with Crippen molar-refractivity contribution in [1.29, 1.82) is 0 Å². The van der Waals surface area contributed by atoms with Gasteiger partial charge in [-0.25, -0.2) is 0 Å². The number of halogens is 1. The summed E-state index contributed by atoms with van der Waals surface area (Å²) in [6.45, 7) is 2.96. The van der Waals surface area contributed by atoms with E-state index in [1.165, 1.54) is 0 Å². The van der Waals surface area contributed by atoms with Crippen molar-refractivity contribution in [3.8, 4) is 11.5 Å². The maximum atomic E-state index is 13.0. The summed E-state index contributed by atoms with van der Waals surface area (Å²) in [5.41, 5.74) is 0.676. The van der Waals surface area contributed by atoms with Gasteiger partial charge in [0.15, 0.2) is 11.5 Å². The highest BCUT2D eigenvalue weighted by molar-refractivity contribution is 9.10. The molecular weight excluding hydrogens is 348 g/mol. The van der Waals surface area contributed by atoms with Gasteiger partial charge in [-0.3, -0.25) is 4.79 Å². The van der Waals surface area contributed by atoms with Crippen molar-refractivity contribution in [3.63, 3.8) is 0 Å². The van der Waals surface area contributed by atoms with E-state index in [2.05, 4.69) is 26.1 Å². The van der Waals surface area contributed by atoms with E-state index in [1.54, 1.807) is 0 Å². The van der Waals surface area contributed by atoms with Crippen LogP contribution in [0.1, 0.15) is 29.6 Å². The SMILES string of the molecule is O=C(c1cc(Br)c2c(c1)OCCO2)N1C2CCNCC1CC2. The number of nitrogens with one attached hydrogen (secondary N) is 1. The van der Waals surface area contributed by atoms with E-state index < -0.39 is 0 Å². The van der Waals surface area contributed by atoms with Crippen LogP contribution in [0.25, 0.3) is 0 Å². The Morgan fingerprint density at radius 3 is 2.91 bits per heavy atom. The fraction of sp³-hybridized carbons (Fsp3) is 0.562. The molecule has 1 amide bonds. The van der Waals surface area contributed by atoms with Crippen LogP contribution in [0, 0.1) is 0 Å². The molecule has 0 aliphatic carbocycles. The third-order valence-electron chi connectivity index (χ3n) is 4.73. The second-order valence-corrected chi connectivity index (χ2v) is 6.93. The molecule has 118 valence electrons. The molecule has 4 rings (SSSR count). The van der Waals surface area contributed by atoms with Gasteiger partial charge in [-0.1, -0.05) is 0 Å². The van der Waals surface area contributed by atoms with Crippen molar-refractivity contribution in [2.45, 2.75) is 31.3 Å². The van der Waals surface area contributed by atoms with E-state index in [1.807, 2.05) is 12.1 Å². The summed E-state index contributed by atoms with van der Waals surface area (Å²) in [6.07, 6.45) is 3.24. The van der Waals surface area contributed by atoms with Crippen LogP contribution in [0.15, 0.2) is 16.6 Å². The highest BCUT2D eigenvalue weighted by Crippen LogP contribution is 2.39. The number of hydrogen-bond acceptors (Lipinski definition) is 4. The molecule has 5 nitrogen and oxygen atoms in total. The Balaban J connectivity index is 1.66. The smallest absolute Gasteiger partial charge is 0.254 e. The number of carbonyl (C=O) groups excluding carboxylic acids is 1. The van der Waals surface area contributed by atoms with E-state index in [0.717, 1.165) is 36.8 Å². The molecule has 2 saturated heterocycles. The minimum atomic E-state index is 0.105. The molecule has 3 aliphatic rings. The van der Waals surface area contributed by atoms with Crippen molar-refractivity contribution in [3.05, 3.63) is 22.2 Å². The first-order valence-corrected chi connectivity index (χ1v) is 8.66. The Morgan fingerprint density at radius 1 is 1.18 bits per heavy atom. The second kappa shape index (κ2) is 5.74. The van der Waals surface area contributed by atoms with Crippen LogP contribution in [-0.2, 0) is 0 Å². The number of carbonyl (C=O) groups is 1. The van der Waals surface area contributed by atoms with Crippen LogP contribution in [0.4, 0.5) is 0 Å². The maximum Gasteiger partial charge on any atom is 0.254 e. The molecule has 2 fully saturated rings. The number of nitrogens with zero attached hydrogens (tertiary/aromatic N) is 1. The molecule has 2 bridgehead atoms. The first-order chi connectivity index (χ1) is 10.7. The molecule has 0 saturated carbocycles. The molecule has 6 heteroatoms. The van der Waals surface area contributed by atoms with Gasteiger partial charge in [-0.15, -0.1) is 0 Å². The van der Waals surface area contributed by atoms with Crippen molar-refractivity contribution in [1.82, 2.24) is 10.2 Å². The van der Waals surface area contributed by atoms with Gasteiger partial charge in [0.2, 0.25) is 0 Å². The fourth-order valence-corrected chi connectivity index (χ4v) is 4.25. The minimum absolute atomic E-state index is 0.105. The Hall–Kier alpha value is -1.27. The number of benzene rings is 1. The van der Waals surface area contributed by atoms with Gasteiger partial charge in [0.05, 0.1) is 4.47 Å². The van der Waals surface area contributed by atoms with Crippen molar-refractivity contribution < 1.29 is 14.3 Å². The standard InChI is InChI=1S/C16H19BrN2O3/c17-13-7-10(8-14-15(13)22-6-5-21-14)16(20)19-11-1-2-12(19)9-18-4-3-11/h7-8,11-12,18H,1-6,9H2. The molecule has 2 atom stereocenters. The van der Waals surface area contributed by atoms with E-state index in [9.17, 15) is 4.79 Å². The summed E-state index contributed by atoms with van der Waals surface area (Å²) < 4.78 is 12.0. The van der Waals surface area contributed by atoms with Crippen LogP contribution < -0.4 is 14.8 Å². The molecular formula is C16H19BrN2O3. The maximum absolute atomic E-state index is 13.0. The highest BCUT2D eigenvalue weighted by Gasteiger charge is 2.38. The summed E-state index contributed by atoms with van der Waals surface area (Å²) in [6, 6.07) is 4.35.